The smallest absolute Gasteiger partial charge is 0.328 e. The van der Waals surface area contributed by atoms with E-state index in [0.29, 0.717) is 6.42 Å². The number of rotatable bonds is 3. The first-order valence-corrected chi connectivity index (χ1v) is 9.15. The van der Waals surface area contributed by atoms with Crippen molar-refractivity contribution in [1.82, 2.24) is 9.88 Å². The Labute approximate surface area is 163 Å². The average molecular weight is 378 g/mol. The quantitative estimate of drug-likeness (QED) is 0.711. The van der Waals surface area contributed by atoms with Gasteiger partial charge in [0.05, 0.1) is 20.3 Å². The third kappa shape index (κ3) is 2.81. The summed E-state index contributed by atoms with van der Waals surface area (Å²) in [6.45, 7) is 1.49. The van der Waals surface area contributed by atoms with Crippen LogP contribution in [0.2, 0.25) is 0 Å². The zero-order valence-corrected chi connectivity index (χ0v) is 16.1. The van der Waals surface area contributed by atoms with E-state index >= 15 is 0 Å². The second kappa shape index (κ2) is 7.03. The maximum Gasteiger partial charge on any atom is 0.328 e. The lowest BCUT2D eigenvalue weighted by Crippen LogP contribution is -2.51. The molecule has 3 aromatic rings. The van der Waals surface area contributed by atoms with Crippen LogP contribution in [0.25, 0.3) is 10.9 Å². The van der Waals surface area contributed by atoms with Crippen molar-refractivity contribution in [3.8, 4) is 5.75 Å². The number of aromatic amines is 1. The lowest BCUT2D eigenvalue weighted by Gasteiger charge is -2.40. The van der Waals surface area contributed by atoms with Crippen molar-refractivity contribution in [1.29, 1.82) is 0 Å². The third-order valence-corrected chi connectivity index (χ3v) is 5.40. The highest BCUT2D eigenvalue weighted by Crippen LogP contribution is 2.41. The topological polar surface area (TPSA) is 71.6 Å². The minimum absolute atomic E-state index is 0.180. The summed E-state index contributed by atoms with van der Waals surface area (Å²) in [4.78, 5) is 30.3. The Morgan fingerprint density at radius 3 is 2.43 bits per heavy atom. The van der Waals surface area contributed by atoms with E-state index in [1.54, 1.807) is 12.0 Å². The molecule has 0 fully saturated rings. The molecule has 1 amide bonds. The summed E-state index contributed by atoms with van der Waals surface area (Å²) < 4.78 is 10.3. The highest BCUT2D eigenvalue weighted by atomic mass is 16.5. The number of hydrogen-bond acceptors (Lipinski definition) is 4. The predicted molar refractivity (Wildman–Crippen MR) is 105 cm³/mol. The van der Waals surface area contributed by atoms with Gasteiger partial charge in [-0.15, -0.1) is 0 Å². The van der Waals surface area contributed by atoms with E-state index in [0.717, 1.165) is 33.5 Å². The number of nitrogens with one attached hydrogen (secondary N) is 1. The number of methoxy groups -OCH3 is 2. The molecule has 1 N–H and O–H groups in total. The molecule has 0 aliphatic carbocycles. The van der Waals surface area contributed by atoms with Crippen LogP contribution in [-0.2, 0) is 20.7 Å². The van der Waals surface area contributed by atoms with Crippen molar-refractivity contribution >= 4 is 22.8 Å². The van der Waals surface area contributed by atoms with Gasteiger partial charge in [-0.05, 0) is 29.3 Å². The Morgan fingerprint density at radius 2 is 1.79 bits per heavy atom. The average Bonchev–Trinajstić information content (AvgIpc) is 3.10. The molecule has 144 valence electrons. The van der Waals surface area contributed by atoms with Gasteiger partial charge in [0, 0.05) is 29.9 Å². The Kier molecular flexibility index (Phi) is 4.55. The molecule has 0 bridgehead atoms. The van der Waals surface area contributed by atoms with Gasteiger partial charge < -0.3 is 19.4 Å². The van der Waals surface area contributed by atoms with Gasteiger partial charge in [0.2, 0.25) is 5.91 Å². The fraction of sp³-hybridized carbons (Fsp3) is 0.273. The molecule has 1 aliphatic rings. The minimum atomic E-state index is -0.679. The van der Waals surface area contributed by atoms with Crippen molar-refractivity contribution in [2.24, 2.45) is 0 Å². The summed E-state index contributed by atoms with van der Waals surface area (Å²) in [6.07, 6.45) is 0.415. The minimum Gasteiger partial charge on any atom is -0.497 e. The Hall–Kier alpha value is -3.28. The van der Waals surface area contributed by atoms with E-state index < -0.39 is 18.1 Å². The van der Waals surface area contributed by atoms with Gasteiger partial charge >= 0.3 is 5.97 Å². The first-order valence-electron chi connectivity index (χ1n) is 9.15. The Balaban J connectivity index is 1.95. The number of nitrogens with zero attached hydrogens (tertiary/aromatic N) is 1. The molecule has 2 aromatic carbocycles. The van der Waals surface area contributed by atoms with E-state index in [1.807, 2.05) is 48.5 Å². The molecular weight excluding hydrogens is 356 g/mol. The molecule has 1 aliphatic heterocycles. The number of hydrogen-bond donors (Lipinski definition) is 1. The lowest BCUT2D eigenvalue weighted by atomic mass is 9.88. The predicted octanol–water partition coefficient (Wildman–Crippen LogP) is 3.21. The molecule has 0 saturated carbocycles. The van der Waals surface area contributed by atoms with Crippen molar-refractivity contribution in [2.75, 3.05) is 14.2 Å². The maximum atomic E-state index is 12.6. The number of esters is 1. The van der Waals surface area contributed by atoms with Crippen LogP contribution in [0, 0.1) is 0 Å². The second-order valence-corrected chi connectivity index (χ2v) is 6.91. The van der Waals surface area contributed by atoms with Crippen LogP contribution in [0.1, 0.15) is 29.8 Å². The summed E-state index contributed by atoms with van der Waals surface area (Å²) in [5.41, 5.74) is 3.86. The van der Waals surface area contributed by atoms with Crippen LogP contribution in [0.5, 0.6) is 5.75 Å². The molecule has 2 heterocycles. The summed E-state index contributed by atoms with van der Waals surface area (Å²) >= 11 is 0. The largest absolute Gasteiger partial charge is 0.497 e. The van der Waals surface area contributed by atoms with Gasteiger partial charge in [-0.2, -0.15) is 0 Å². The molecule has 0 radical (unpaired) electrons. The van der Waals surface area contributed by atoms with Crippen molar-refractivity contribution in [3.63, 3.8) is 0 Å². The summed E-state index contributed by atoms with van der Waals surface area (Å²) in [5, 5.41) is 1.06. The zero-order chi connectivity index (χ0) is 19.8. The number of carbonyl (C=O) groups is 2. The molecule has 0 spiro atoms. The number of H-pyrrole nitrogens is 1. The zero-order valence-electron chi connectivity index (χ0n) is 16.1. The first-order chi connectivity index (χ1) is 13.5. The van der Waals surface area contributed by atoms with E-state index in [2.05, 4.69) is 4.98 Å². The highest BCUT2D eigenvalue weighted by Gasteiger charge is 2.42. The number of carbonyl (C=O) groups excluding carboxylic acids is 2. The SMILES string of the molecule is COC(=O)[C@@H]1Cc2c([nH]c3ccccc23)[C@H](c2ccc(OC)cc2)N1C(C)=O. The monoisotopic (exact) mass is 378 g/mol. The molecule has 0 saturated heterocycles. The van der Waals surface area contributed by atoms with E-state index in [-0.39, 0.29) is 5.91 Å². The van der Waals surface area contributed by atoms with E-state index in [1.165, 1.54) is 14.0 Å². The van der Waals surface area contributed by atoms with Gasteiger partial charge in [0.15, 0.2) is 0 Å². The van der Waals surface area contributed by atoms with Crippen molar-refractivity contribution < 1.29 is 19.1 Å². The van der Waals surface area contributed by atoms with Crippen LogP contribution in [0.15, 0.2) is 48.5 Å². The van der Waals surface area contributed by atoms with Gasteiger partial charge in [-0.1, -0.05) is 30.3 Å². The van der Waals surface area contributed by atoms with E-state index in [9.17, 15) is 9.59 Å². The van der Waals surface area contributed by atoms with Gasteiger partial charge in [-0.25, -0.2) is 4.79 Å². The Morgan fingerprint density at radius 1 is 1.07 bits per heavy atom. The van der Waals surface area contributed by atoms with Crippen LogP contribution in [0.4, 0.5) is 0 Å². The number of aromatic nitrogens is 1. The van der Waals surface area contributed by atoms with Crippen LogP contribution in [0.3, 0.4) is 0 Å². The molecular formula is C22H22N2O4. The fourth-order valence-corrected chi connectivity index (χ4v) is 4.13. The molecule has 4 rings (SSSR count). The molecule has 28 heavy (non-hydrogen) atoms. The number of para-hydroxylation sites is 1. The first kappa shape index (κ1) is 18.1. The van der Waals surface area contributed by atoms with Crippen molar-refractivity contribution in [3.05, 3.63) is 65.4 Å². The molecule has 1 aromatic heterocycles. The molecule has 6 heteroatoms. The summed E-state index contributed by atoms with van der Waals surface area (Å²) in [5.74, 6) is 0.139. The number of benzene rings is 2. The third-order valence-electron chi connectivity index (χ3n) is 5.40. The number of amides is 1. The fourth-order valence-electron chi connectivity index (χ4n) is 4.13. The summed E-state index contributed by atoms with van der Waals surface area (Å²) in [6, 6.07) is 14.5. The lowest BCUT2D eigenvalue weighted by molar-refractivity contribution is -0.154. The van der Waals surface area contributed by atoms with Gasteiger partial charge in [0.25, 0.3) is 0 Å². The maximum absolute atomic E-state index is 12.6. The van der Waals surface area contributed by atoms with Gasteiger partial charge in [-0.3, -0.25) is 4.79 Å². The van der Waals surface area contributed by atoms with Crippen LogP contribution < -0.4 is 4.74 Å². The van der Waals surface area contributed by atoms with Crippen LogP contribution in [-0.4, -0.2) is 42.0 Å². The van der Waals surface area contributed by atoms with Gasteiger partial charge in [0.1, 0.15) is 11.8 Å². The molecule has 0 unspecified atom stereocenters. The number of fused-ring (bicyclic) bond motifs is 3. The Bertz CT molecular complexity index is 1040. The van der Waals surface area contributed by atoms with E-state index in [4.69, 9.17) is 9.47 Å². The summed E-state index contributed by atoms with van der Waals surface area (Å²) in [7, 11) is 2.97. The normalized spacial score (nSPS) is 18.6. The standard InChI is InChI=1S/C22H22N2O4/c1-13(25)24-19(22(26)28-3)12-17-16-6-4-5-7-18(16)23-20(17)21(24)14-8-10-15(27-2)11-9-14/h4-11,19,21,23H,12H2,1-3H3/t19-,21-/m0/s1. The number of ether oxygens (including phenoxy) is 2. The second-order valence-electron chi connectivity index (χ2n) is 6.91. The van der Waals surface area contributed by atoms with Crippen LogP contribution >= 0.6 is 0 Å². The van der Waals surface area contributed by atoms with Crippen molar-refractivity contribution in [2.45, 2.75) is 25.4 Å². The molecule has 6 nitrogen and oxygen atoms in total. The highest BCUT2D eigenvalue weighted by molar-refractivity contribution is 5.90. The molecule has 2 atom stereocenters.